The molecule has 4 heterocycles. The number of hydrogen-bond donors (Lipinski definition) is 0. The molecule has 0 saturated carbocycles. The van der Waals surface area contributed by atoms with Crippen LogP contribution in [0.3, 0.4) is 0 Å². The molecule has 0 spiro atoms. The molecule has 0 aromatic carbocycles. The summed E-state index contributed by atoms with van der Waals surface area (Å²) in [5, 5.41) is 9.09. The van der Waals surface area contributed by atoms with E-state index >= 15 is 0 Å². The fourth-order valence-electron chi connectivity index (χ4n) is 3.62. The Balaban J connectivity index is 1.40. The van der Waals surface area contributed by atoms with Gasteiger partial charge in [-0.3, -0.25) is 0 Å². The molecule has 0 radical (unpaired) electrons. The Morgan fingerprint density at radius 1 is 1.04 bits per heavy atom. The van der Waals surface area contributed by atoms with Gasteiger partial charge in [0.05, 0.1) is 38.2 Å². The molecule has 0 aliphatic carbocycles. The minimum atomic E-state index is -0.478. The van der Waals surface area contributed by atoms with Gasteiger partial charge in [-0.15, -0.1) is 0 Å². The summed E-state index contributed by atoms with van der Waals surface area (Å²) in [6, 6.07) is 9.23. The molecule has 0 N–H and O–H groups in total. The summed E-state index contributed by atoms with van der Waals surface area (Å²) in [6.45, 7) is 8.00. The average Bonchev–Trinajstić information content (AvgIpc) is 3.48. The van der Waals surface area contributed by atoms with Gasteiger partial charge in [-0.1, -0.05) is 0 Å². The summed E-state index contributed by atoms with van der Waals surface area (Å²) in [5.74, 6) is 1.21. The normalized spacial score (nSPS) is 28.4. The van der Waals surface area contributed by atoms with Crippen molar-refractivity contribution in [3.63, 3.8) is 0 Å². The first-order valence-electron chi connectivity index (χ1n) is 9.11. The molecule has 4 unspecified atom stereocenters. The van der Waals surface area contributed by atoms with E-state index in [1.165, 1.54) is 0 Å². The largest absolute Gasteiger partial charge is 0.467 e. The molecular weight excluding hydrogens is 364 g/mol. The zero-order valence-corrected chi connectivity index (χ0v) is 15.1. The van der Waals surface area contributed by atoms with Crippen molar-refractivity contribution in [1.29, 1.82) is 5.26 Å². The van der Waals surface area contributed by atoms with Crippen molar-refractivity contribution in [2.75, 3.05) is 19.8 Å². The molecule has 146 valence electrons. The second-order valence-corrected chi connectivity index (χ2v) is 6.66. The molecule has 2 aromatic heterocycles. The van der Waals surface area contributed by atoms with Gasteiger partial charge >= 0.3 is 0 Å². The van der Waals surface area contributed by atoms with Crippen LogP contribution >= 0.6 is 0 Å². The molecule has 2 aliphatic heterocycles. The van der Waals surface area contributed by atoms with Gasteiger partial charge in [0, 0.05) is 0 Å². The maximum absolute atomic E-state index is 9.09. The Morgan fingerprint density at radius 3 is 2.11 bits per heavy atom. The summed E-state index contributed by atoms with van der Waals surface area (Å²) in [5.41, 5.74) is 0. The predicted molar refractivity (Wildman–Crippen MR) is 93.8 cm³/mol. The van der Waals surface area contributed by atoms with E-state index < -0.39 is 12.2 Å². The fraction of sp³-hybridized carbons (Fsp3) is 0.500. The van der Waals surface area contributed by atoms with Gasteiger partial charge < -0.3 is 32.6 Å². The Bertz CT molecular complexity index is 752. The first kappa shape index (κ1) is 18.7. The van der Waals surface area contributed by atoms with Crippen molar-refractivity contribution < 1.29 is 27.8 Å². The molecule has 0 amide bonds. The summed E-state index contributed by atoms with van der Waals surface area (Å²) in [4.78, 5) is 3.44. The van der Waals surface area contributed by atoms with Crippen LogP contribution in [0.15, 0.2) is 45.6 Å². The molecular formula is C20H20N2O6. The summed E-state index contributed by atoms with van der Waals surface area (Å²) < 4.78 is 34.8. The Hall–Kier alpha value is -2.62. The van der Waals surface area contributed by atoms with Gasteiger partial charge in [0.2, 0.25) is 6.54 Å². The SMILES string of the molecule is [C-]#[N+]CC(O[C@H]1COC2C1OC[C@@H]2OC(CC#N)c1ccco1)c1ccco1. The quantitative estimate of drug-likeness (QED) is 0.646. The summed E-state index contributed by atoms with van der Waals surface area (Å²) >= 11 is 0. The molecule has 4 rings (SSSR count). The Morgan fingerprint density at radius 2 is 1.61 bits per heavy atom. The average molecular weight is 384 g/mol. The van der Waals surface area contributed by atoms with Crippen molar-refractivity contribution in [2.45, 2.75) is 43.0 Å². The van der Waals surface area contributed by atoms with Crippen molar-refractivity contribution in [3.8, 4) is 6.07 Å². The van der Waals surface area contributed by atoms with Gasteiger partial charge in [-0.2, -0.15) is 5.26 Å². The van der Waals surface area contributed by atoms with E-state index in [1.807, 2.05) is 0 Å². The minimum absolute atomic E-state index is 0.157. The van der Waals surface area contributed by atoms with E-state index in [0.717, 1.165) is 0 Å². The zero-order valence-electron chi connectivity index (χ0n) is 15.1. The highest BCUT2D eigenvalue weighted by atomic mass is 16.6. The number of nitrogens with zero attached hydrogens (tertiary/aromatic N) is 2. The van der Waals surface area contributed by atoms with Crippen LogP contribution in [0.1, 0.15) is 30.1 Å². The van der Waals surface area contributed by atoms with E-state index in [0.29, 0.717) is 24.7 Å². The summed E-state index contributed by atoms with van der Waals surface area (Å²) in [7, 11) is 0. The minimum Gasteiger partial charge on any atom is -0.467 e. The molecule has 28 heavy (non-hydrogen) atoms. The number of rotatable bonds is 8. The number of fused-ring (bicyclic) bond motifs is 1. The van der Waals surface area contributed by atoms with Crippen LogP contribution in [0, 0.1) is 17.9 Å². The predicted octanol–water partition coefficient (Wildman–Crippen LogP) is 3.06. The lowest BCUT2D eigenvalue weighted by Crippen LogP contribution is -2.35. The second-order valence-electron chi connectivity index (χ2n) is 6.66. The van der Waals surface area contributed by atoms with Crippen molar-refractivity contribution in [3.05, 3.63) is 59.7 Å². The third-order valence-corrected chi connectivity index (χ3v) is 4.90. The summed E-state index contributed by atoms with van der Waals surface area (Å²) in [6.07, 6.45) is 1.08. The van der Waals surface area contributed by atoms with Gasteiger partial charge in [0.1, 0.15) is 42.0 Å². The maximum Gasteiger partial charge on any atom is 0.247 e. The topological polar surface area (TPSA) is 91.3 Å². The van der Waals surface area contributed by atoms with E-state index in [-0.39, 0.29) is 37.4 Å². The van der Waals surface area contributed by atoms with E-state index in [4.69, 9.17) is 39.6 Å². The lowest BCUT2D eigenvalue weighted by molar-refractivity contribution is -0.0906. The van der Waals surface area contributed by atoms with E-state index in [2.05, 4.69) is 10.9 Å². The highest BCUT2D eigenvalue weighted by molar-refractivity contribution is 5.07. The van der Waals surface area contributed by atoms with Crippen LogP contribution in [-0.4, -0.2) is 44.2 Å². The molecule has 2 aromatic rings. The lowest BCUT2D eigenvalue weighted by atomic mass is 10.1. The highest BCUT2D eigenvalue weighted by Gasteiger charge is 2.50. The first-order valence-corrected chi connectivity index (χ1v) is 9.11. The van der Waals surface area contributed by atoms with Gasteiger partial charge in [-0.05, 0) is 24.3 Å². The van der Waals surface area contributed by atoms with E-state index in [1.54, 1.807) is 36.8 Å². The molecule has 2 fully saturated rings. The van der Waals surface area contributed by atoms with Gasteiger partial charge in [0.25, 0.3) is 0 Å². The third-order valence-electron chi connectivity index (χ3n) is 4.90. The monoisotopic (exact) mass is 384 g/mol. The Labute approximate surface area is 162 Å². The third kappa shape index (κ3) is 3.82. The number of furan rings is 2. The second kappa shape index (κ2) is 8.59. The maximum atomic E-state index is 9.09. The van der Waals surface area contributed by atoms with Crippen molar-refractivity contribution >= 4 is 0 Å². The number of nitriles is 1. The zero-order chi connectivity index (χ0) is 19.3. The fourth-order valence-corrected chi connectivity index (χ4v) is 3.62. The molecule has 2 aliphatic rings. The number of ether oxygens (including phenoxy) is 4. The molecule has 6 atom stereocenters. The van der Waals surface area contributed by atoms with Crippen molar-refractivity contribution in [1.82, 2.24) is 0 Å². The lowest BCUT2D eigenvalue weighted by Gasteiger charge is -2.21. The van der Waals surface area contributed by atoms with Crippen LogP contribution in [0.25, 0.3) is 4.85 Å². The molecule has 8 nitrogen and oxygen atoms in total. The Kier molecular flexibility index (Phi) is 5.75. The van der Waals surface area contributed by atoms with Gasteiger partial charge in [-0.25, -0.2) is 6.57 Å². The molecule has 8 heteroatoms. The standard InChI is InChI=1S/C20H20N2O6/c1-22-10-16(14-5-3-9-24-14)28-18-12-26-19-17(11-25-20(18)19)27-15(6-7-21)13-4-2-8-23-13/h2-5,8-9,15-20H,6,10-12H2/t15?,16?,17-,18-,19?,20?/m0/s1. The smallest absolute Gasteiger partial charge is 0.247 e. The van der Waals surface area contributed by atoms with E-state index in [9.17, 15) is 0 Å². The molecule has 0 bridgehead atoms. The highest BCUT2D eigenvalue weighted by Crippen LogP contribution is 2.36. The molecule has 2 saturated heterocycles. The van der Waals surface area contributed by atoms with Crippen LogP contribution in [-0.2, 0) is 18.9 Å². The number of hydrogen-bond acceptors (Lipinski definition) is 7. The van der Waals surface area contributed by atoms with Crippen molar-refractivity contribution in [2.24, 2.45) is 0 Å². The van der Waals surface area contributed by atoms with Crippen LogP contribution in [0.5, 0.6) is 0 Å². The van der Waals surface area contributed by atoms with Gasteiger partial charge in [0.15, 0.2) is 6.10 Å². The van der Waals surface area contributed by atoms with Crippen LogP contribution in [0.4, 0.5) is 0 Å². The van der Waals surface area contributed by atoms with Crippen LogP contribution in [0.2, 0.25) is 0 Å². The first-order chi connectivity index (χ1) is 13.8. The van der Waals surface area contributed by atoms with Crippen LogP contribution < -0.4 is 0 Å².